The van der Waals surface area contributed by atoms with E-state index >= 15 is 0 Å². The molecular weight excluding hydrogens is 426 g/mol. The highest BCUT2D eigenvalue weighted by Crippen LogP contribution is 2.34. The van der Waals surface area contributed by atoms with E-state index in [1.165, 1.54) is 14.2 Å². The van der Waals surface area contributed by atoms with Crippen molar-refractivity contribution in [2.75, 3.05) is 37.6 Å². The molecule has 11 heteroatoms. The Morgan fingerprint density at radius 2 is 1.85 bits per heavy atom. The highest BCUT2D eigenvalue weighted by Gasteiger charge is 2.20. The summed E-state index contributed by atoms with van der Waals surface area (Å²) in [6.07, 6.45) is 1.64. The highest BCUT2D eigenvalue weighted by molar-refractivity contribution is 6.05. The molecule has 1 aromatic carbocycles. The van der Waals surface area contributed by atoms with Gasteiger partial charge >= 0.3 is 0 Å². The number of benzene rings is 1. The Hall–Kier alpha value is -4.38. The van der Waals surface area contributed by atoms with Crippen LogP contribution < -0.4 is 32.2 Å². The number of hydrogen-bond acceptors (Lipinski definition) is 9. The molecule has 0 spiro atoms. The fourth-order valence-electron chi connectivity index (χ4n) is 3.22. The van der Waals surface area contributed by atoms with E-state index in [4.69, 9.17) is 20.9 Å². The molecule has 0 saturated carbocycles. The predicted molar refractivity (Wildman–Crippen MR) is 125 cm³/mol. The van der Waals surface area contributed by atoms with E-state index in [1.54, 1.807) is 43.6 Å². The summed E-state index contributed by atoms with van der Waals surface area (Å²) in [5.74, 6) is -0.0235. The van der Waals surface area contributed by atoms with Gasteiger partial charge in [-0.05, 0) is 29.8 Å². The van der Waals surface area contributed by atoms with Crippen LogP contribution in [0.4, 0.5) is 28.8 Å². The average Bonchev–Trinajstić information content (AvgIpc) is 2.78. The summed E-state index contributed by atoms with van der Waals surface area (Å²) in [5.41, 5.74) is 13.5. The zero-order valence-electron chi connectivity index (χ0n) is 18.4. The molecule has 0 aliphatic carbocycles. The molecule has 3 rings (SSSR count). The molecule has 0 saturated heterocycles. The fourth-order valence-corrected chi connectivity index (χ4v) is 3.22. The van der Waals surface area contributed by atoms with Crippen molar-refractivity contribution < 1.29 is 19.1 Å². The van der Waals surface area contributed by atoms with Crippen molar-refractivity contribution >= 4 is 40.6 Å². The van der Waals surface area contributed by atoms with Crippen LogP contribution in [0.5, 0.6) is 5.75 Å². The molecule has 0 aliphatic rings. The van der Waals surface area contributed by atoms with Gasteiger partial charge in [0.15, 0.2) is 5.75 Å². The maximum absolute atomic E-state index is 12.5. The first-order chi connectivity index (χ1) is 15.9. The van der Waals surface area contributed by atoms with Crippen LogP contribution in [0.25, 0.3) is 0 Å². The quantitative estimate of drug-likeness (QED) is 0.327. The Bertz CT molecular complexity index is 1180. The molecule has 0 atom stereocenters. The maximum atomic E-state index is 12.5. The van der Waals surface area contributed by atoms with Crippen LogP contribution in [0.3, 0.4) is 0 Å². The van der Waals surface area contributed by atoms with Crippen molar-refractivity contribution in [3.05, 3.63) is 59.3 Å². The van der Waals surface area contributed by atoms with Gasteiger partial charge in [-0.1, -0.05) is 6.07 Å². The third-order valence-corrected chi connectivity index (χ3v) is 4.65. The van der Waals surface area contributed by atoms with Crippen molar-refractivity contribution in [2.45, 2.75) is 6.61 Å². The minimum Gasteiger partial charge on any atom is -0.494 e. The van der Waals surface area contributed by atoms with Crippen LogP contribution in [0.2, 0.25) is 0 Å². The molecule has 2 amide bonds. The molecule has 0 unspecified atom stereocenters. The molecule has 172 valence electrons. The minimum absolute atomic E-state index is 0.0140. The maximum Gasteiger partial charge on any atom is 0.256 e. The second-order valence-electron chi connectivity index (χ2n) is 6.88. The van der Waals surface area contributed by atoms with Crippen LogP contribution in [0.15, 0.2) is 42.6 Å². The topological polar surface area (TPSA) is 167 Å². The Kier molecular flexibility index (Phi) is 7.26. The number of para-hydroxylation sites is 1. The molecule has 0 aliphatic heterocycles. The van der Waals surface area contributed by atoms with Crippen molar-refractivity contribution in [3.63, 3.8) is 0 Å². The average molecular weight is 451 g/mol. The van der Waals surface area contributed by atoms with Gasteiger partial charge in [0.05, 0.1) is 30.7 Å². The Morgan fingerprint density at radius 3 is 2.52 bits per heavy atom. The summed E-state index contributed by atoms with van der Waals surface area (Å²) >= 11 is 0. The molecule has 3 aromatic rings. The zero-order valence-corrected chi connectivity index (χ0v) is 18.4. The highest BCUT2D eigenvalue weighted by atomic mass is 16.5. The summed E-state index contributed by atoms with van der Waals surface area (Å²) in [6, 6.07) is 10.1. The third kappa shape index (κ3) is 5.28. The number of rotatable bonds is 9. The van der Waals surface area contributed by atoms with Gasteiger partial charge in [-0.25, -0.2) is 9.97 Å². The van der Waals surface area contributed by atoms with E-state index in [0.29, 0.717) is 29.6 Å². The van der Waals surface area contributed by atoms with Gasteiger partial charge in [0, 0.05) is 26.4 Å². The minimum atomic E-state index is -0.652. The van der Waals surface area contributed by atoms with Crippen LogP contribution >= 0.6 is 0 Å². The lowest BCUT2D eigenvalue weighted by Crippen LogP contribution is -2.22. The molecule has 0 radical (unpaired) electrons. The Morgan fingerprint density at radius 1 is 1.06 bits per heavy atom. The lowest BCUT2D eigenvalue weighted by molar-refractivity contribution is 0.0962. The fraction of sp³-hybridized carbons (Fsp3) is 0.182. The number of nitrogen functional groups attached to an aromatic ring is 1. The SMILES string of the molecule is CNC(=O)c1c(Nc2cccc(C(N)=O)c2OC)cc(Nc2cc(COC)ccn2)nc1N. The van der Waals surface area contributed by atoms with Crippen molar-refractivity contribution in [2.24, 2.45) is 5.73 Å². The van der Waals surface area contributed by atoms with Gasteiger partial charge in [-0.2, -0.15) is 0 Å². The second-order valence-corrected chi connectivity index (χ2v) is 6.88. The lowest BCUT2D eigenvalue weighted by atomic mass is 10.1. The Balaban J connectivity index is 2.06. The first kappa shape index (κ1) is 23.3. The molecule has 2 heterocycles. The number of carbonyl (C=O) groups is 2. The summed E-state index contributed by atoms with van der Waals surface area (Å²) in [5, 5.41) is 8.73. The van der Waals surface area contributed by atoms with E-state index in [2.05, 4.69) is 25.9 Å². The van der Waals surface area contributed by atoms with Crippen molar-refractivity contribution in [1.29, 1.82) is 0 Å². The van der Waals surface area contributed by atoms with Gasteiger partial charge in [0.25, 0.3) is 11.8 Å². The zero-order chi connectivity index (χ0) is 24.0. The number of nitrogens with one attached hydrogen (secondary N) is 3. The Labute approximate surface area is 190 Å². The first-order valence-electron chi connectivity index (χ1n) is 9.85. The summed E-state index contributed by atoms with van der Waals surface area (Å²) in [6.45, 7) is 0.422. The number of pyridine rings is 2. The van der Waals surface area contributed by atoms with Crippen LogP contribution in [-0.2, 0) is 11.3 Å². The second kappa shape index (κ2) is 10.3. The molecule has 2 aromatic heterocycles. The third-order valence-electron chi connectivity index (χ3n) is 4.65. The van der Waals surface area contributed by atoms with Crippen LogP contribution in [0.1, 0.15) is 26.3 Å². The van der Waals surface area contributed by atoms with Gasteiger partial charge < -0.3 is 36.9 Å². The predicted octanol–water partition coefficient (Wildman–Crippen LogP) is 2.16. The van der Waals surface area contributed by atoms with E-state index in [-0.39, 0.29) is 22.7 Å². The number of methoxy groups -OCH3 is 2. The summed E-state index contributed by atoms with van der Waals surface area (Å²) < 4.78 is 10.5. The molecule has 0 bridgehead atoms. The molecule has 7 N–H and O–H groups in total. The number of nitrogens with zero attached hydrogens (tertiary/aromatic N) is 2. The monoisotopic (exact) mass is 451 g/mol. The van der Waals surface area contributed by atoms with Gasteiger partial charge in [0.1, 0.15) is 23.0 Å². The number of amides is 2. The van der Waals surface area contributed by atoms with E-state index in [0.717, 1.165) is 5.56 Å². The number of primary amides is 1. The number of ether oxygens (including phenoxy) is 2. The normalized spacial score (nSPS) is 10.4. The molecule has 11 nitrogen and oxygen atoms in total. The van der Waals surface area contributed by atoms with Gasteiger partial charge in [-0.3, -0.25) is 9.59 Å². The van der Waals surface area contributed by atoms with Gasteiger partial charge in [-0.15, -0.1) is 0 Å². The smallest absolute Gasteiger partial charge is 0.256 e. The largest absolute Gasteiger partial charge is 0.494 e. The number of nitrogens with two attached hydrogens (primary N) is 2. The standard InChI is InChI=1S/C22H25N7O4/c1-25-22(31)18-15(27-14-6-4-5-13(21(24)30)19(14)33-3)10-17(29-20(18)23)28-16-9-12(11-32-2)7-8-26-16/h4-10H,11H2,1-3H3,(H2,24,30)(H,25,31)(H4,23,26,27,28,29). The van der Waals surface area contributed by atoms with Crippen LogP contribution in [0, 0.1) is 0 Å². The van der Waals surface area contributed by atoms with Crippen molar-refractivity contribution in [1.82, 2.24) is 15.3 Å². The summed E-state index contributed by atoms with van der Waals surface area (Å²) in [7, 11) is 4.50. The first-order valence-corrected chi connectivity index (χ1v) is 9.85. The number of hydrogen-bond donors (Lipinski definition) is 5. The van der Waals surface area contributed by atoms with Gasteiger partial charge in [0.2, 0.25) is 0 Å². The van der Waals surface area contributed by atoms with E-state index < -0.39 is 11.8 Å². The number of anilines is 5. The summed E-state index contributed by atoms with van der Waals surface area (Å²) in [4.78, 5) is 32.9. The number of carbonyl (C=O) groups excluding carboxylic acids is 2. The molecular formula is C22H25N7O4. The van der Waals surface area contributed by atoms with E-state index in [1.807, 2.05) is 6.07 Å². The van der Waals surface area contributed by atoms with Crippen LogP contribution in [-0.4, -0.2) is 43.0 Å². The molecule has 33 heavy (non-hydrogen) atoms. The molecule has 0 fully saturated rings. The lowest BCUT2D eigenvalue weighted by Gasteiger charge is -2.18. The number of aromatic nitrogens is 2. The van der Waals surface area contributed by atoms with E-state index in [9.17, 15) is 9.59 Å². The van der Waals surface area contributed by atoms with Crippen molar-refractivity contribution in [3.8, 4) is 5.75 Å².